The summed E-state index contributed by atoms with van der Waals surface area (Å²) in [5, 5.41) is 7.17. The highest BCUT2D eigenvalue weighted by molar-refractivity contribution is 5.85. The zero-order chi connectivity index (χ0) is 19.8. The fraction of sp³-hybridized carbons (Fsp3) is 0.667. The van der Waals surface area contributed by atoms with Crippen molar-refractivity contribution in [1.82, 2.24) is 20.5 Å². The molecule has 1 saturated heterocycles. The Morgan fingerprint density at radius 3 is 2.39 bits per heavy atom. The minimum atomic E-state index is 0.0229. The lowest BCUT2D eigenvalue weighted by Gasteiger charge is -2.34. The van der Waals surface area contributed by atoms with Gasteiger partial charge in [0, 0.05) is 45.5 Å². The Bertz CT molecular complexity index is 634. The molecule has 1 aromatic heterocycles. The fourth-order valence-corrected chi connectivity index (χ4v) is 3.85. The van der Waals surface area contributed by atoms with Crippen LogP contribution in [0.1, 0.15) is 44.9 Å². The molecule has 0 bridgehead atoms. The van der Waals surface area contributed by atoms with Crippen LogP contribution in [0.15, 0.2) is 29.4 Å². The first-order valence-electron chi connectivity index (χ1n) is 10.6. The summed E-state index contributed by atoms with van der Waals surface area (Å²) in [5.41, 5.74) is 0. The lowest BCUT2D eigenvalue weighted by Crippen LogP contribution is -2.51. The average molecular weight is 387 g/mol. The Balaban J connectivity index is 1.56. The predicted molar refractivity (Wildman–Crippen MR) is 114 cm³/mol. The Morgan fingerprint density at radius 1 is 1.11 bits per heavy atom. The standard InChI is InChI=1S/C21H34N6O/c1-26(2)20(28)16-23-21(24-17-8-4-3-5-9-17)25-18-11-14-27(15-12-18)19-10-6-7-13-22-19/h6-7,10,13,17-18H,3-5,8-9,11-12,14-16H2,1-2H3,(H2,23,24,25). The fourth-order valence-electron chi connectivity index (χ4n) is 3.85. The number of anilines is 1. The van der Waals surface area contributed by atoms with Crippen LogP contribution in [0.2, 0.25) is 0 Å². The number of carbonyl (C=O) groups excluding carboxylic acids is 1. The molecule has 2 fully saturated rings. The van der Waals surface area contributed by atoms with Crippen molar-refractivity contribution in [2.45, 2.75) is 57.0 Å². The van der Waals surface area contributed by atoms with E-state index in [9.17, 15) is 4.79 Å². The van der Waals surface area contributed by atoms with Crippen LogP contribution in [0.3, 0.4) is 0 Å². The number of aliphatic imine (C=N–C) groups is 1. The summed E-state index contributed by atoms with van der Waals surface area (Å²) < 4.78 is 0. The van der Waals surface area contributed by atoms with Gasteiger partial charge in [-0.15, -0.1) is 0 Å². The smallest absolute Gasteiger partial charge is 0.243 e. The van der Waals surface area contributed by atoms with Gasteiger partial charge in [-0.05, 0) is 37.8 Å². The van der Waals surface area contributed by atoms with Crippen molar-refractivity contribution in [1.29, 1.82) is 0 Å². The van der Waals surface area contributed by atoms with E-state index in [2.05, 4.69) is 31.6 Å². The summed E-state index contributed by atoms with van der Waals surface area (Å²) in [7, 11) is 3.54. The first-order chi connectivity index (χ1) is 13.6. The van der Waals surface area contributed by atoms with Crippen molar-refractivity contribution in [2.75, 3.05) is 38.6 Å². The highest BCUT2D eigenvalue weighted by Crippen LogP contribution is 2.19. The molecule has 1 saturated carbocycles. The van der Waals surface area contributed by atoms with Crippen molar-refractivity contribution < 1.29 is 4.79 Å². The van der Waals surface area contributed by atoms with Crippen LogP contribution in [-0.2, 0) is 4.79 Å². The molecule has 1 aliphatic carbocycles. The first kappa shape index (κ1) is 20.4. The van der Waals surface area contributed by atoms with Gasteiger partial charge in [0.25, 0.3) is 0 Å². The van der Waals surface area contributed by atoms with Gasteiger partial charge in [0.1, 0.15) is 12.4 Å². The van der Waals surface area contributed by atoms with Gasteiger partial charge in [0.2, 0.25) is 5.91 Å². The molecule has 2 heterocycles. The molecule has 7 nitrogen and oxygen atoms in total. The van der Waals surface area contributed by atoms with Gasteiger partial charge in [-0.25, -0.2) is 9.98 Å². The minimum Gasteiger partial charge on any atom is -0.356 e. The topological polar surface area (TPSA) is 72.9 Å². The SMILES string of the molecule is CN(C)C(=O)CN=C(NC1CCCCC1)NC1CCN(c2ccccn2)CC1. The van der Waals surface area contributed by atoms with Gasteiger partial charge in [-0.1, -0.05) is 25.3 Å². The molecule has 0 unspecified atom stereocenters. The molecule has 2 N–H and O–H groups in total. The van der Waals surface area contributed by atoms with Gasteiger partial charge in [-0.3, -0.25) is 4.79 Å². The van der Waals surface area contributed by atoms with E-state index in [4.69, 9.17) is 0 Å². The number of hydrogen-bond acceptors (Lipinski definition) is 4. The number of carbonyl (C=O) groups is 1. The molecule has 0 spiro atoms. The molecule has 0 aromatic carbocycles. The lowest BCUT2D eigenvalue weighted by atomic mass is 9.95. The molecule has 0 radical (unpaired) electrons. The van der Waals surface area contributed by atoms with Crippen LogP contribution >= 0.6 is 0 Å². The molecular formula is C21H34N6O. The zero-order valence-electron chi connectivity index (χ0n) is 17.2. The van der Waals surface area contributed by atoms with Crippen molar-refractivity contribution in [3.63, 3.8) is 0 Å². The lowest BCUT2D eigenvalue weighted by molar-refractivity contribution is -0.127. The molecule has 1 aliphatic heterocycles. The second-order valence-electron chi connectivity index (χ2n) is 8.03. The summed E-state index contributed by atoms with van der Waals surface area (Å²) in [6, 6.07) is 6.88. The second-order valence-corrected chi connectivity index (χ2v) is 8.03. The summed E-state index contributed by atoms with van der Waals surface area (Å²) >= 11 is 0. The largest absolute Gasteiger partial charge is 0.356 e. The van der Waals surface area contributed by atoms with E-state index in [-0.39, 0.29) is 12.5 Å². The van der Waals surface area contributed by atoms with Crippen LogP contribution in [0, 0.1) is 0 Å². The zero-order valence-corrected chi connectivity index (χ0v) is 17.2. The number of likely N-dealkylation sites (N-methyl/N-ethyl adjacent to an activating group) is 1. The van der Waals surface area contributed by atoms with Crippen molar-refractivity contribution in [3.8, 4) is 0 Å². The van der Waals surface area contributed by atoms with Crippen LogP contribution in [0.5, 0.6) is 0 Å². The highest BCUT2D eigenvalue weighted by Gasteiger charge is 2.22. The van der Waals surface area contributed by atoms with E-state index in [1.165, 1.54) is 32.1 Å². The number of aromatic nitrogens is 1. The van der Waals surface area contributed by atoms with E-state index in [1.54, 1.807) is 19.0 Å². The third kappa shape index (κ3) is 6.11. The average Bonchev–Trinajstić information content (AvgIpc) is 2.73. The first-order valence-corrected chi connectivity index (χ1v) is 10.6. The van der Waals surface area contributed by atoms with Gasteiger partial charge in [0.15, 0.2) is 5.96 Å². The molecule has 28 heavy (non-hydrogen) atoms. The number of rotatable bonds is 5. The van der Waals surface area contributed by atoms with Gasteiger partial charge in [0.05, 0.1) is 0 Å². The van der Waals surface area contributed by atoms with Crippen molar-refractivity contribution in [2.24, 2.45) is 4.99 Å². The predicted octanol–water partition coefficient (Wildman–Crippen LogP) is 2.01. The minimum absolute atomic E-state index is 0.0229. The van der Waals surface area contributed by atoms with Crippen LogP contribution in [0.4, 0.5) is 5.82 Å². The molecule has 7 heteroatoms. The Kier molecular flexibility index (Phi) is 7.51. The van der Waals surface area contributed by atoms with E-state index in [0.29, 0.717) is 12.1 Å². The molecule has 0 atom stereocenters. The third-order valence-electron chi connectivity index (χ3n) is 5.63. The number of amides is 1. The van der Waals surface area contributed by atoms with Gasteiger partial charge < -0.3 is 20.4 Å². The Morgan fingerprint density at radius 2 is 1.79 bits per heavy atom. The molecule has 154 valence electrons. The molecule has 2 aliphatic rings. The van der Waals surface area contributed by atoms with Crippen LogP contribution in [0.25, 0.3) is 0 Å². The number of piperidine rings is 1. The number of pyridine rings is 1. The Hall–Kier alpha value is -2.31. The maximum absolute atomic E-state index is 12.0. The summed E-state index contributed by atoms with van der Waals surface area (Å²) in [5.74, 6) is 1.86. The number of guanidine groups is 1. The summed E-state index contributed by atoms with van der Waals surface area (Å²) in [4.78, 5) is 24.9. The van der Waals surface area contributed by atoms with E-state index >= 15 is 0 Å². The van der Waals surface area contributed by atoms with E-state index < -0.39 is 0 Å². The number of nitrogens with one attached hydrogen (secondary N) is 2. The van der Waals surface area contributed by atoms with Gasteiger partial charge in [-0.2, -0.15) is 0 Å². The van der Waals surface area contributed by atoms with Crippen molar-refractivity contribution in [3.05, 3.63) is 24.4 Å². The summed E-state index contributed by atoms with van der Waals surface area (Å²) in [6.07, 6.45) is 10.1. The van der Waals surface area contributed by atoms with Gasteiger partial charge >= 0.3 is 0 Å². The Labute approximate surface area is 168 Å². The molecule has 1 aromatic rings. The summed E-state index contributed by atoms with van der Waals surface area (Å²) in [6.45, 7) is 2.13. The molecule has 3 rings (SSSR count). The quantitative estimate of drug-likeness (QED) is 0.598. The second kappa shape index (κ2) is 10.3. The highest BCUT2D eigenvalue weighted by atomic mass is 16.2. The monoisotopic (exact) mass is 386 g/mol. The molecular weight excluding hydrogens is 352 g/mol. The van der Waals surface area contributed by atoms with Crippen LogP contribution < -0.4 is 15.5 Å². The maximum Gasteiger partial charge on any atom is 0.243 e. The van der Waals surface area contributed by atoms with Crippen molar-refractivity contribution >= 4 is 17.7 Å². The van der Waals surface area contributed by atoms with E-state index in [0.717, 1.165) is 37.7 Å². The molecule has 1 amide bonds. The normalized spacial score (nSPS) is 19.4. The number of hydrogen-bond donors (Lipinski definition) is 2. The third-order valence-corrected chi connectivity index (χ3v) is 5.63. The van der Waals surface area contributed by atoms with Crippen LogP contribution in [-0.4, -0.2) is 67.6 Å². The number of nitrogens with zero attached hydrogens (tertiary/aromatic N) is 4. The maximum atomic E-state index is 12.0. The van der Waals surface area contributed by atoms with E-state index in [1.807, 2.05) is 18.3 Å².